The number of aryl methyl sites for hydroxylation is 1. The maximum Gasteiger partial charge on any atom is 0.300 e. The van der Waals surface area contributed by atoms with Crippen molar-refractivity contribution >= 4 is 23.1 Å². The van der Waals surface area contributed by atoms with Crippen LogP contribution in [0, 0.1) is 12.7 Å². The lowest BCUT2D eigenvalue weighted by Gasteiger charge is -2.23. The minimum absolute atomic E-state index is 0.128. The van der Waals surface area contributed by atoms with Crippen molar-refractivity contribution in [3.63, 3.8) is 0 Å². The van der Waals surface area contributed by atoms with Crippen LogP contribution in [0.1, 0.15) is 22.9 Å². The summed E-state index contributed by atoms with van der Waals surface area (Å²) in [5.74, 6) is -1.59. The van der Waals surface area contributed by atoms with Crippen molar-refractivity contribution in [2.75, 3.05) is 12.0 Å². The van der Waals surface area contributed by atoms with Crippen LogP contribution in [0.3, 0.4) is 0 Å². The first-order chi connectivity index (χ1) is 14.4. The molecule has 30 heavy (non-hydrogen) atoms. The second kappa shape index (κ2) is 7.51. The van der Waals surface area contributed by atoms with Crippen molar-refractivity contribution < 1.29 is 28.2 Å². The molecule has 3 aromatic rings. The number of anilines is 1. The van der Waals surface area contributed by atoms with Gasteiger partial charge in [0, 0.05) is 11.3 Å². The fourth-order valence-corrected chi connectivity index (χ4v) is 3.51. The summed E-state index contributed by atoms with van der Waals surface area (Å²) in [4.78, 5) is 27.1. The molecule has 1 amide bonds. The average Bonchev–Trinajstić information content (AvgIpc) is 3.37. The Morgan fingerprint density at radius 1 is 1.13 bits per heavy atom. The van der Waals surface area contributed by atoms with Crippen LogP contribution in [0.5, 0.6) is 5.75 Å². The number of nitrogens with zero attached hydrogens (tertiary/aromatic N) is 1. The molecule has 2 aromatic carbocycles. The van der Waals surface area contributed by atoms with Gasteiger partial charge >= 0.3 is 0 Å². The van der Waals surface area contributed by atoms with E-state index in [1.165, 1.54) is 36.5 Å². The average molecular weight is 407 g/mol. The molecular weight excluding hydrogens is 389 g/mol. The highest BCUT2D eigenvalue weighted by Crippen LogP contribution is 2.42. The first kappa shape index (κ1) is 19.4. The first-order valence-electron chi connectivity index (χ1n) is 9.17. The number of amides is 1. The number of Topliss-reactive ketones (excluding diaryl/α,β-unsaturated/α-hetero) is 1. The van der Waals surface area contributed by atoms with E-state index in [4.69, 9.17) is 9.15 Å². The van der Waals surface area contributed by atoms with E-state index in [0.717, 1.165) is 0 Å². The Balaban J connectivity index is 1.90. The molecule has 1 N–H and O–H groups in total. The molecule has 1 saturated heterocycles. The zero-order chi connectivity index (χ0) is 21.4. The van der Waals surface area contributed by atoms with E-state index < -0.39 is 29.3 Å². The zero-order valence-electron chi connectivity index (χ0n) is 16.3. The lowest BCUT2D eigenvalue weighted by atomic mass is 9.98. The number of benzene rings is 2. The summed E-state index contributed by atoms with van der Waals surface area (Å²) in [6.07, 6.45) is 1.42. The fourth-order valence-electron chi connectivity index (χ4n) is 3.51. The van der Waals surface area contributed by atoms with Crippen molar-refractivity contribution in [3.8, 4) is 5.75 Å². The van der Waals surface area contributed by atoms with Crippen LogP contribution in [-0.2, 0) is 9.59 Å². The Kier molecular flexibility index (Phi) is 4.87. The van der Waals surface area contributed by atoms with E-state index >= 15 is 0 Å². The zero-order valence-corrected chi connectivity index (χ0v) is 16.3. The van der Waals surface area contributed by atoms with Gasteiger partial charge in [0.1, 0.15) is 29.1 Å². The van der Waals surface area contributed by atoms with Crippen molar-refractivity contribution in [3.05, 3.63) is 89.1 Å². The molecule has 1 aliphatic heterocycles. The molecule has 1 aliphatic rings. The Morgan fingerprint density at radius 2 is 1.87 bits per heavy atom. The van der Waals surface area contributed by atoms with Gasteiger partial charge in [-0.15, -0.1) is 0 Å². The van der Waals surface area contributed by atoms with Crippen molar-refractivity contribution in [2.24, 2.45) is 0 Å². The summed E-state index contributed by atoms with van der Waals surface area (Å²) in [6.45, 7) is 1.55. The molecule has 0 spiro atoms. The number of halogens is 1. The summed E-state index contributed by atoms with van der Waals surface area (Å²) in [7, 11) is 1.52. The maximum absolute atomic E-state index is 13.7. The molecule has 1 fully saturated rings. The number of hydrogen-bond donors (Lipinski definition) is 1. The second-order valence-corrected chi connectivity index (χ2v) is 6.85. The molecule has 2 heterocycles. The normalized spacial score (nSPS) is 18.1. The maximum atomic E-state index is 13.7. The van der Waals surface area contributed by atoms with Crippen LogP contribution in [-0.4, -0.2) is 23.9 Å². The van der Waals surface area contributed by atoms with E-state index in [9.17, 15) is 19.1 Å². The SMILES string of the molecule is COc1ccc(N2C(=O)C(=O)/C(=C(\O)c3ccc(F)c(C)c3)C2c2ccco2)cc1. The molecule has 1 unspecified atom stereocenters. The summed E-state index contributed by atoms with van der Waals surface area (Å²) >= 11 is 0. The number of ketones is 1. The highest BCUT2D eigenvalue weighted by molar-refractivity contribution is 6.51. The predicted molar refractivity (Wildman–Crippen MR) is 108 cm³/mol. The number of aliphatic hydroxyl groups excluding tert-OH is 1. The van der Waals surface area contributed by atoms with Gasteiger partial charge in [0.05, 0.1) is 18.9 Å². The molecule has 4 rings (SSSR count). The highest BCUT2D eigenvalue weighted by Gasteiger charge is 2.48. The molecule has 7 heteroatoms. The highest BCUT2D eigenvalue weighted by atomic mass is 19.1. The Labute approximate surface area is 171 Å². The number of rotatable bonds is 4. The standard InChI is InChI=1S/C23H18FNO5/c1-13-12-14(5-10-17(13)24)21(26)19-20(18-4-3-11-30-18)25(23(28)22(19)27)15-6-8-16(29-2)9-7-15/h3-12,20,26H,1-2H3/b21-19-. The van der Waals surface area contributed by atoms with Gasteiger partial charge in [-0.2, -0.15) is 0 Å². The van der Waals surface area contributed by atoms with Crippen molar-refractivity contribution in [1.29, 1.82) is 0 Å². The van der Waals surface area contributed by atoms with Gasteiger partial charge < -0.3 is 14.3 Å². The summed E-state index contributed by atoms with van der Waals surface area (Å²) in [5, 5.41) is 10.9. The van der Waals surface area contributed by atoms with Crippen LogP contribution in [0.4, 0.5) is 10.1 Å². The lowest BCUT2D eigenvalue weighted by Crippen LogP contribution is -2.29. The Morgan fingerprint density at radius 3 is 2.47 bits per heavy atom. The summed E-state index contributed by atoms with van der Waals surface area (Å²) in [6, 6.07) is 12.9. The number of ether oxygens (including phenoxy) is 1. The summed E-state index contributed by atoms with van der Waals surface area (Å²) in [5.41, 5.74) is 0.849. The molecule has 0 saturated carbocycles. The molecular formula is C23H18FNO5. The second-order valence-electron chi connectivity index (χ2n) is 6.85. The first-order valence-corrected chi connectivity index (χ1v) is 9.17. The Bertz CT molecular complexity index is 1150. The van der Waals surface area contributed by atoms with Gasteiger partial charge in [0.25, 0.3) is 11.7 Å². The molecule has 0 radical (unpaired) electrons. The van der Waals surface area contributed by atoms with E-state index in [-0.39, 0.29) is 11.1 Å². The molecule has 152 valence electrons. The molecule has 6 nitrogen and oxygen atoms in total. The van der Waals surface area contributed by atoms with Crippen LogP contribution in [0.2, 0.25) is 0 Å². The lowest BCUT2D eigenvalue weighted by molar-refractivity contribution is -0.132. The minimum atomic E-state index is -0.973. The van der Waals surface area contributed by atoms with Gasteiger partial charge in [-0.1, -0.05) is 0 Å². The van der Waals surface area contributed by atoms with Crippen LogP contribution >= 0.6 is 0 Å². The topological polar surface area (TPSA) is 80.0 Å². The molecule has 0 bridgehead atoms. The Hall–Kier alpha value is -3.87. The van der Waals surface area contributed by atoms with Gasteiger partial charge in [-0.25, -0.2) is 4.39 Å². The van der Waals surface area contributed by atoms with Gasteiger partial charge in [-0.05, 0) is 67.1 Å². The van der Waals surface area contributed by atoms with Crippen molar-refractivity contribution in [2.45, 2.75) is 13.0 Å². The predicted octanol–water partition coefficient (Wildman–Crippen LogP) is 4.36. The van der Waals surface area contributed by atoms with Crippen LogP contribution in [0.15, 0.2) is 70.9 Å². The minimum Gasteiger partial charge on any atom is -0.507 e. The molecule has 1 aromatic heterocycles. The largest absolute Gasteiger partial charge is 0.507 e. The number of carbonyl (C=O) groups excluding carboxylic acids is 2. The smallest absolute Gasteiger partial charge is 0.300 e. The third-order valence-corrected chi connectivity index (χ3v) is 5.04. The van der Waals surface area contributed by atoms with E-state index in [1.54, 1.807) is 43.3 Å². The number of aliphatic hydroxyl groups is 1. The third kappa shape index (κ3) is 3.14. The van der Waals surface area contributed by atoms with Crippen LogP contribution < -0.4 is 9.64 Å². The number of carbonyl (C=O) groups is 2. The molecule has 0 aliphatic carbocycles. The third-order valence-electron chi connectivity index (χ3n) is 5.04. The number of methoxy groups -OCH3 is 1. The fraction of sp³-hybridized carbons (Fsp3) is 0.130. The number of furan rings is 1. The monoisotopic (exact) mass is 407 g/mol. The van der Waals surface area contributed by atoms with E-state index in [2.05, 4.69) is 0 Å². The van der Waals surface area contributed by atoms with Gasteiger partial charge in [0.2, 0.25) is 0 Å². The van der Waals surface area contributed by atoms with Gasteiger partial charge in [0.15, 0.2) is 0 Å². The van der Waals surface area contributed by atoms with E-state index in [0.29, 0.717) is 22.8 Å². The van der Waals surface area contributed by atoms with Gasteiger partial charge in [-0.3, -0.25) is 14.5 Å². The molecule has 1 atom stereocenters. The quantitative estimate of drug-likeness (QED) is 0.395. The van der Waals surface area contributed by atoms with Crippen molar-refractivity contribution in [1.82, 2.24) is 0 Å². The summed E-state index contributed by atoms with van der Waals surface area (Å²) < 4.78 is 24.3. The van der Waals surface area contributed by atoms with E-state index in [1.807, 2.05) is 0 Å². The van der Waals surface area contributed by atoms with Crippen LogP contribution in [0.25, 0.3) is 5.76 Å². The number of hydrogen-bond acceptors (Lipinski definition) is 5.